The van der Waals surface area contributed by atoms with Crippen molar-refractivity contribution in [2.45, 2.75) is 323 Å². The summed E-state index contributed by atoms with van der Waals surface area (Å²) < 4.78 is 16.9. The van der Waals surface area contributed by atoms with E-state index >= 15 is 0 Å². The van der Waals surface area contributed by atoms with Crippen LogP contribution in [-0.2, 0) is 28.6 Å². The summed E-state index contributed by atoms with van der Waals surface area (Å²) in [7, 11) is 0. The van der Waals surface area contributed by atoms with Crippen LogP contribution in [0.4, 0.5) is 0 Å². The van der Waals surface area contributed by atoms with E-state index in [9.17, 15) is 14.4 Å². The first-order chi connectivity index (χ1) is 30.7. The normalized spacial score (nSPS) is 12.0. The summed E-state index contributed by atoms with van der Waals surface area (Å²) in [6, 6.07) is 0. The lowest BCUT2D eigenvalue weighted by Crippen LogP contribution is -2.30. The van der Waals surface area contributed by atoms with Crippen molar-refractivity contribution in [2.75, 3.05) is 13.2 Å². The van der Waals surface area contributed by atoms with E-state index in [1.165, 1.54) is 205 Å². The predicted molar refractivity (Wildman–Crippen MR) is 270 cm³/mol. The SMILES string of the molecule is CCCCCCCCCCCCCCCC(=O)OC[C@H](COC(=O)CCCCCCCCCCCCCCCCCC(C)C)OC(=O)CCCCCCCCCCCCCC(C)C. The van der Waals surface area contributed by atoms with Crippen LogP contribution in [-0.4, -0.2) is 37.2 Å². The van der Waals surface area contributed by atoms with Crippen LogP contribution >= 0.6 is 0 Å². The van der Waals surface area contributed by atoms with Gasteiger partial charge in [0.05, 0.1) is 0 Å². The van der Waals surface area contributed by atoms with Gasteiger partial charge in [-0.1, -0.05) is 279 Å². The van der Waals surface area contributed by atoms with E-state index in [0.717, 1.165) is 69.6 Å². The zero-order valence-corrected chi connectivity index (χ0v) is 43.2. The highest BCUT2D eigenvalue weighted by atomic mass is 16.6. The van der Waals surface area contributed by atoms with Gasteiger partial charge in [0, 0.05) is 19.3 Å². The van der Waals surface area contributed by atoms with E-state index in [1.807, 2.05) is 0 Å². The van der Waals surface area contributed by atoms with Crippen molar-refractivity contribution in [1.82, 2.24) is 0 Å². The van der Waals surface area contributed by atoms with Crippen LogP contribution in [0.2, 0.25) is 0 Å². The number of carbonyl (C=O) groups is 3. The average molecular weight is 892 g/mol. The van der Waals surface area contributed by atoms with Gasteiger partial charge >= 0.3 is 17.9 Å². The van der Waals surface area contributed by atoms with Gasteiger partial charge in [0.25, 0.3) is 0 Å². The molecule has 0 N–H and O–H groups in total. The minimum atomic E-state index is -0.762. The van der Waals surface area contributed by atoms with Crippen LogP contribution in [0, 0.1) is 11.8 Å². The van der Waals surface area contributed by atoms with Gasteiger partial charge in [-0.15, -0.1) is 0 Å². The number of hydrogen-bond acceptors (Lipinski definition) is 6. The summed E-state index contributed by atoms with van der Waals surface area (Å²) in [5, 5.41) is 0. The fourth-order valence-electron chi connectivity index (χ4n) is 8.70. The van der Waals surface area contributed by atoms with Crippen molar-refractivity contribution in [3.05, 3.63) is 0 Å². The number of rotatable bonds is 51. The van der Waals surface area contributed by atoms with Gasteiger partial charge in [-0.25, -0.2) is 0 Å². The molecule has 0 amide bonds. The third-order valence-corrected chi connectivity index (χ3v) is 13.0. The van der Waals surface area contributed by atoms with E-state index in [2.05, 4.69) is 34.6 Å². The molecule has 0 saturated carbocycles. The molecule has 0 rings (SSSR count). The number of unbranched alkanes of at least 4 members (excludes halogenated alkanes) is 36. The molecular weight excluding hydrogens is 781 g/mol. The Morgan fingerprint density at radius 3 is 0.778 bits per heavy atom. The third-order valence-electron chi connectivity index (χ3n) is 13.0. The summed E-state index contributed by atoms with van der Waals surface area (Å²) in [4.78, 5) is 38.1. The van der Waals surface area contributed by atoms with E-state index in [-0.39, 0.29) is 31.1 Å². The smallest absolute Gasteiger partial charge is 0.306 e. The van der Waals surface area contributed by atoms with Crippen LogP contribution in [0.1, 0.15) is 317 Å². The fourth-order valence-corrected chi connectivity index (χ4v) is 8.70. The standard InChI is InChI=1S/C57H110O6/c1-6-7-8-9-10-11-12-16-22-27-32-37-42-47-55(58)61-50-54(63-57(60)49-44-39-34-29-24-19-21-26-31-36-41-46-53(4)5)51-62-56(59)48-43-38-33-28-23-18-15-13-14-17-20-25-30-35-40-45-52(2)3/h52-54H,6-51H2,1-5H3/t54-/m1/s1. The van der Waals surface area contributed by atoms with Crippen LogP contribution < -0.4 is 0 Å². The molecule has 0 heterocycles. The van der Waals surface area contributed by atoms with Crippen molar-refractivity contribution < 1.29 is 28.6 Å². The molecule has 0 radical (unpaired) electrons. The topological polar surface area (TPSA) is 78.9 Å². The molecule has 0 saturated heterocycles. The van der Waals surface area contributed by atoms with Crippen LogP contribution in [0.25, 0.3) is 0 Å². The van der Waals surface area contributed by atoms with Crippen molar-refractivity contribution in [1.29, 1.82) is 0 Å². The second kappa shape index (κ2) is 49.8. The molecule has 0 aliphatic heterocycles. The Balaban J connectivity index is 4.28. The van der Waals surface area contributed by atoms with Gasteiger partial charge in [-0.05, 0) is 31.1 Å². The number of esters is 3. The van der Waals surface area contributed by atoms with E-state index in [0.29, 0.717) is 19.3 Å². The van der Waals surface area contributed by atoms with Crippen molar-refractivity contribution >= 4 is 17.9 Å². The first-order valence-corrected chi connectivity index (χ1v) is 28.2. The Hall–Kier alpha value is -1.59. The molecule has 63 heavy (non-hydrogen) atoms. The lowest BCUT2D eigenvalue weighted by Gasteiger charge is -2.18. The van der Waals surface area contributed by atoms with Gasteiger partial charge in [0.15, 0.2) is 6.10 Å². The van der Waals surface area contributed by atoms with E-state index in [1.54, 1.807) is 0 Å². The maximum Gasteiger partial charge on any atom is 0.306 e. The molecule has 1 atom stereocenters. The molecule has 0 aromatic heterocycles. The summed E-state index contributed by atoms with van der Waals surface area (Å²) >= 11 is 0. The number of hydrogen-bond donors (Lipinski definition) is 0. The third kappa shape index (κ3) is 51.3. The van der Waals surface area contributed by atoms with Gasteiger partial charge in [0.1, 0.15) is 13.2 Å². The quantitative estimate of drug-likeness (QED) is 0.0344. The zero-order valence-electron chi connectivity index (χ0n) is 43.2. The first-order valence-electron chi connectivity index (χ1n) is 28.2. The Bertz CT molecular complexity index is 962. The molecule has 0 fully saturated rings. The maximum absolute atomic E-state index is 12.8. The van der Waals surface area contributed by atoms with Gasteiger partial charge in [-0.2, -0.15) is 0 Å². The van der Waals surface area contributed by atoms with Gasteiger partial charge in [-0.3, -0.25) is 14.4 Å². The Kier molecular flexibility index (Phi) is 48.6. The van der Waals surface area contributed by atoms with Crippen molar-refractivity contribution in [3.63, 3.8) is 0 Å². The van der Waals surface area contributed by atoms with Crippen molar-refractivity contribution in [3.8, 4) is 0 Å². The molecule has 0 aromatic rings. The Labute approximate surface area is 393 Å². The summed E-state index contributed by atoms with van der Waals surface area (Å²) in [6.45, 7) is 11.4. The van der Waals surface area contributed by atoms with E-state index < -0.39 is 6.10 Å². The largest absolute Gasteiger partial charge is 0.462 e. The summed E-state index contributed by atoms with van der Waals surface area (Å²) in [5.74, 6) is 0.833. The van der Waals surface area contributed by atoms with Crippen molar-refractivity contribution in [2.24, 2.45) is 11.8 Å². The lowest BCUT2D eigenvalue weighted by atomic mass is 10.0. The van der Waals surface area contributed by atoms with Gasteiger partial charge < -0.3 is 14.2 Å². The monoisotopic (exact) mass is 891 g/mol. The minimum Gasteiger partial charge on any atom is -0.462 e. The number of ether oxygens (including phenoxy) is 3. The molecule has 6 heteroatoms. The highest BCUT2D eigenvalue weighted by Crippen LogP contribution is 2.18. The first kappa shape index (κ1) is 61.4. The van der Waals surface area contributed by atoms with Crippen LogP contribution in [0.3, 0.4) is 0 Å². The predicted octanol–water partition coefficient (Wildman–Crippen LogP) is 18.5. The molecule has 0 spiro atoms. The second-order valence-electron chi connectivity index (χ2n) is 20.5. The zero-order chi connectivity index (χ0) is 46.1. The molecule has 0 aliphatic carbocycles. The Morgan fingerprint density at radius 1 is 0.302 bits per heavy atom. The molecule has 0 bridgehead atoms. The van der Waals surface area contributed by atoms with Crippen LogP contribution in [0.15, 0.2) is 0 Å². The molecule has 0 unspecified atom stereocenters. The molecule has 6 nitrogen and oxygen atoms in total. The minimum absolute atomic E-state index is 0.0629. The molecule has 0 aromatic carbocycles. The summed E-state index contributed by atoms with van der Waals surface area (Å²) in [5.41, 5.74) is 0. The Morgan fingerprint density at radius 2 is 0.524 bits per heavy atom. The van der Waals surface area contributed by atoms with Crippen LogP contribution in [0.5, 0.6) is 0 Å². The summed E-state index contributed by atoms with van der Waals surface area (Å²) in [6.07, 6.45) is 52.3. The van der Waals surface area contributed by atoms with E-state index in [4.69, 9.17) is 14.2 Å². The molecule has 0 aliphatic rings. The van der Waals surface area contributed by atoms with Gasteiger partial charge in [0.2, 0.25) is 0 Å². The fraction of sp³-hybridized carbons (Fsp3) is 0.947. The second-order valence-corrected chi connectivity index (χ2v) is 20.5. The maximum atomic E-state index is 12.8. The lowest BCUT2D eigenvalue weighted by molar-refractivity contribution is -0.167. The average Bonchev–Trinajstić information content (AvgIpc) is 3.25. The molecular formula is C57H110O6. The molecule has 374 valence electrons. The number of carbonyl (C=O) groups excluding carboxylic acids is 3. The highest BCUT2D eigenvalue weighted by molar-refractivity contribution is 5.71. The highest BCUT2D eigenvalue weighted by Gasteiger charge is 2.19.